The summed E-state index contributed by atoms with van der Waals surface area (Å²) in [6.45, 7) is -0.321. The molecule has 1 saturated carbocycles. The molecule has 7 heteroatoms. The van der Waals surface area contributed by atoms with E-state index in [0.717, 1.165) is 49.0 Å². The summed E-state index contributed by atoms with van der Waals surface area (Å²) in [5.74, 6) is -1.22. The Morgan fingerprint density at radius 1 is 1.22 bits per heavy atom. The SMILES string of the molecule is COC(=O)c1c(NC(=O)COC(=O)C2CC2)sc2c1CCCC2. The van der Waals surface area contributed by atoms with Crippen LogP contribution in [0.5, 0.6) is 0 Å². The van der Waals surface area contributed by atoms with Gasteiger partial charge in [-0.05, 0) is 44.1 Å². The van der Waals surface area contributed by atoms with Crippen molar-refractivity contribution < 1.29 is 23.9 Å². The van der Waals surface area contributed by atoms with E-state index in [2.05, 4.69) is 5.32 Å². The molecule has 1 aromatic heterocycles. The Morgan fingerprint density at radius 2 is 1.96 bits per heavy atom. The van der Waals surface area contributed by atoms with E-state index in [0.29, 0.717) is 10.6 Å². The van der Waals surface area contributed by atoms with Crippen LogP contribution in [-0.4, -0.2) is 31.6 Å². The van der Waals surface area contributed by atoms with Crippen molar-refractivity contribution in [2.75, 3.05) is 19.0 Å². The van der Waals surface area contributed by atoms with Crippen molar-refractivity contribution in [2.45, 2.75) is 38.5 Å². The minimum Gasteiger partial charge on any atom is -0.465 e. The Bertz CT molecular complexity index is 647. The Kier molecular flexibility index (Phi) is 4.66. The summed E-state index contributed by atoms with van der Waals surface area (Å²) in [6, 6.07) is 0. The molecule has 23 heavy (non-hydrogen) atoms. The number of hydrogen-bond donors (Lipinski definition) is 1. The van der Waals surface area contributed by atoms with Gasteiger partial charge in [-0.3, -0.25) is 9.59 Å². The number of thiophene rings is 1. The minimum atomic E-state index is -0.435. The molecule has 1 N–H and O–H groups in total. The average molecular weight is 337 g/mol. The Morgan fingerprint density at radius 3 is 2.65 bits per heavy atom. The van der Waals surface area contributed by atoms with Gasteiger partial charge < -0.3 is 14.8 Å². The number of anilines is 1. The van der Waals surface area contributed by atoms with E-state index < -0.39 is 11.9 Å². The molecule has 0 bridgehead atoms. The zero-order valence-corrected chi connectivity index (χ0v) is 13.8. The molecular weight excluding hydrogens is 318 g/mol. The van der Waals surface area contributed by atoms with Gasteiger partial charge in [0.05, 0.1) is 18.6 Å². The van der Waals surface area contributed by atoms with Crippen molar-refractivity contribution in [3.63, 3.8) is 0 Å². The molecule has 2 aliphatic rings. The van der Waals surface area contributed by atoms with Crippen molar-refractivity contribution in [1.82, 2.24) is 0 Å². The molecule has 0 spiro atoms. The third-order valence-corrected chi connectivity index (χ3v) is 5.28. The number of hydrogen-bond acceptors (Lipinski definition) is 6. The Balaban J connectivity index is 1.70. The standard InChI is InChI=1S/C16H19NO5S/c1-21-16(20)13-10-4-2-3-5-11(10)23-14(13)17-12(18)8-22-15(19)9-6-7-9/h9H,2-8H2,1H3,(H,17,18). The lowest BCUT2D eigenvalue weighted by molar-refractivity contribution is -0.148. The summed E-state index contributed by atoms with van der Waals surface area (Å²) < 4.78 is 9.82. The lowest BCUT2D eigenvalue weighted by Gasteiger charge is -2.11. The predicted molar refractivity (Wildman–Crippen MR) is 84.6 cm³/mol. The van der Waals surface area contributed by atoms with Crippen LogP contribution < -0.4 is 5.32 Å². The lowest BCUT2D eigenvalue weighted by Crippen LogP contribution is -2.22. The Labute approximate surface area is 138 Å². The molecule has 1 fully saturated rings. The molecule has 1 amide bonds. The molecule has 0 saturated heterocycles. The van der Waals surface area contributed by atoms with E-state index in [4.69, 9.17) is 9.47 Å². The fourth-order valence-corrected chi connectivity index (χ4v) is 4.00. The van der Waals surface area contributed by atoms with E-state index in [1.54, 1.807) is 0 Å². The molecule has 0 aliphatic heterocycles. The highest BCUT2D eigenvalue weighted by atomic mass is 32.1. The fourth-order valence-electron chi connectivity index (χ4n) is 2.71. The average Bonchev–Trinajstić information content (AvgIpc) is 3.33. The molecule has 3 rings (SSSR count). The number of methoxy groups -OCH3 is 1. The van der Waals surface area contributed by atoms with E-state index in [1.807, 2.05) is 0 Å². The Hall–Kier alpha value is -1.89. The second-order valence-corrected chi connectivity index (χ2v) is 6.94. The molecule has 6 nitrogen and oxygen atoms in total. The molecule has 1 aromatic rings. The van der Waals surface area contributed by atoms with E-state index in [-0.39, 0.29) is 18.5 Å². The zero-order chi connectivity index (χ0) is 16.4. The first-order valence-corrected chi connectivity index (χ1v) is 8.61. The third-order valence-electron chi connectivity index (χ3n) is 4.07. The van der Waals surface area contributed by atoms with Gasteiger partial charge in [-0.25, -0.2) is 4.79 Å². The normalized spacial score (nSPS) is 16.4. The van der Waals surface area contributed by atoms with Crippen LogP contribution in [0.4, 0.5) is 5.00 Å². The largest absolute Gasteiger partial charge is 0.465 e. The van der Waals surface area contributed by atoms with E-state index in [9.17, 15) is 14.4 Å². The number of esters is 2. The van der Waals surface area contributed by atoms with Gasteiger partial charge in [0.15, 0.2) is 6.61 Å². The number of carbonyl (C=O) groups excluding carboxylic acids is 3. The summed E-state index contributed by atoms with van der Waals surface area (Å²) in [5, 5.41) is 3.20. The highest BCUT2D eigenvalue weighted by Crippen LogP contribution is 2.38. The maximum absolute atomic E-state index is 12.1. The zero-order valence-electron chi connectivity index (χ0n) is 13.0. The van der Waals surface area contributed by atoms with Crippen LogP contribution in [0.2, 0.25) is 0 Å². The first-order chi connectivity index (χ1) is 11.1. The van der Waals surface area contributed by atoms with Crippen molar-refractivity contribution >= 4 is 34.2 Å². The van der Waals surface area contributed by atoms with Gasteiger partial charge in [-0.2, -0.15) is 0 Å². The summed E-state index contributed by atoms with van der Waals surface area (Å²) in [6.07, 6.45) is 5.52. The first kappa shape index (κ1) is 16.0. The second-order valence-electron chi connectivity index (χ2n) is 5.84. The van der Waals surface area contributed by atoms with Gasteiger partial charge in [0, 0.05) is 4.88 Å². The first-order valence-electron chi connectivity index (χ1n) is 7.79. The fraction of sp³-hybridized carbons (Fsp3) is 0.562. The van der Waals surface area contributed by atoms with Crippen molar-refractivity contribution in [3.8, 4) is 0 Å². The quantitative estimate of drug-likeness (QED) is 0.834. The number of fused-ring (bicyclic) bond motifs is 1. The van der Waals surface area contributed by atoms with Crippen LogP contribution in [0.25, 0.3) is 0 Å². The second kappa shape index (κ2) is 6.70. The third kappa shape index (κ3) is 3.55. The summed E-state index contributed by atoms with van der Waals surface area (Å²) in [7, 11) is 1.33. The van der Waals surface area contributed by atoms with Crippen LogP contribution in [0.1, 0.15) is 46.5 Å². The van der Waals surface area contributed by atoms with Gasteiger partial charge >= 0.3 is 11.9 Å². The summed E-state index contributed by atoms with van der Waals surface area (Å²) in [4.78, 5) is 36.7. The summed E-state index contributed by atoms with van der Waals surface area (Å²) >= 11 is 1.41. The maximum atomic E-state index is 12.1. The number of carbonyl (C=O) groups is 3. The smallest absolute Gasteiger partial charge is 0.341 e. The number of ether oxygens (including phenoxy) is 2. The molecule has 0 aromatic carbocycles. The van der Waals surface area contributed by atoms with Crippen LogP contribution in [0, 0.1) is 5.92 Å². The molecule has 0 unspecified atom stereocenters. The highest BCUT2D eigenvalue weighted by Gasteiger charge is 2.32. The van der Waals surface area contributed by atoms with Crippen LogP contribution >= 0.6 is 11.3 Å². The minimum absolute atomic E-state index is 0.0394. The molecule has 0 radical (unpaired) electrons. The van der Waals surface area contributed by atoms with Crippen LogP contribution in [0.3, 0.4) is 0 Å². The van der Waals surface area contributed by atoms with Gasteiger partial charge in [-0.1, -0.05) is 0 Å². The highest BCUT2D eigenvalue weighted by molar-refractivity contribution is 7.17. The lowest BCUT2D eigenvalue weighted by atomic mass is 9.95. The summed E-state index contributed by atoms with van der Waals surface area (Å²) in [5.41, 5.74) is 1.44. The molecular formula is C16H19NO5S. The van der Waals surface area contributed by atoms with Crippen molar-refractivity contribution in [2.24, 2.45) is 5.92 Å². The number of aryl methyl sites for hydroxylation is 1. The molecule has 0 atom stereocenters. The van der Waals surface area contributed by atoms with Crippen molar-refractivity contribution in [1.29, 1.82) is 0 Å². The number of nitrogens with one attached hydrogen (secondary N) is 1. The van der Waals surface area contributed by atoms with Gasteiger partial charge in [0.25, 0.3) is 5.91 Å². The monoisotopic (exact) mass is 337 g/mol. The van der Waals surface area contributed by atoms with Crippen LogP contribution in [-0.2, 0) is 31.9 Å². The van der Waals surface area contributed by atoms with Gasteiger partial charge in [0.2, 0.25) is 0 Å². The van der Waals surface area contributed by atoms with Crippen LogP contribution in [0.15, 0.2) is 0 Å². The molecule has 2 aliphatic carbocycles. The number of rotatable bonds is 5. The van der Waals surface area contributed by atoms with E-state index >= 15 is 0 Å². The van der Waals surface area contributed by atoms with Crippen molar-refractivity contribution in [3.05, 3.63) is 16.0 Å². The predicted octanol–water partition coefficient (Wildman–Crippen LogP) is 2.31. The topological polar surface area (TPSA) is 81.7 Å². The number of amides is 1. The van der Waals surface area contributed by atoms with Gasteiger partial charge in [-0.15, -0.1) is 11.3 Å². The van der Waals surface area contributed by atoms with E-state index in [1.165, 1.54) is 18.4 Å². The molecule has 1 heterocycles. The van der Waals surface area contributed by atoms with Gasteiger partial charge in [0.1, 0.15) is 5.00 Å². The maximum Gasteiger partial charge on any atom is 0.341 e. The molecule has 124 valence electrons.